The van der Waals surface area contributed by atoms with Crippen LogP contribution in [0.4, 0.5) is 0 Å². The molecule has 5 heteroatoms. The zero-order valence-electron chi connectivity index (χ0n) is 11.6. The molecule has 1 aliphatic carbocycles. The molecule has 1 saturated carbocycles. The van der Waals surface area contributed by atoms with E-state index in [1.54, 1.807) is 12.3 Å². The van der Waals surface area contributed by atoms with Crippen LogP contribution >= 0.6 is 0 Å². The summed E-state index contributed by atoms with van der Waals surface area (Å²) in [4.78, 5) is 14.3. The third-order valence-corrected chi connectivity index (χ3v) is 4.03. The molecule has 1 aliphatic rings. The van der Waals surface area contributed by atoms with E-state index in [4.69, 9.17) is 4.42 Å². The quantitative estimate of drug-likeness (QED) is 0.934. The van der Waals surface area contributed by atoms with Crippen molar-refractivity contribution in [1.29, 1.82) is 0 Å². The van der Waals surface area contributed by atoms with E-state index in [0.29, 0.717) is 17.5 Å². The molecule has 0 radical (unpaired) electrons. The molecule has 2 heterocycles. The Labute approximate surface area is 118 Å². The molecule has 1 amide bonds. The number of rotatable bonds is 3. The Bertz CT molecular complexity index is 568. The van der Waals surface area contributed by atoms with Crippen LogP contribution in [0.5, 0.6) is 0 Å². The molecule has 20 heavy (non-hydrogen) atoms. The first-order chi connectivity index (χ1) is 9.75. The molecule has 0 bridgehead atoms. The van der Waals surface area contributed by atoms with Crippen molar-refractivity contribution in [2.24, 2.45) is 0 Å². The van der Waals surface area contributed by atoms with Crippen molar-refractivity contribution in [3.05, 3.63) is 30.2 Å². The predicted molar refractivity (Wildman–Crippen MR) is 75.3 cm³/mol. The second-order valence-electron chi connectivity index (χ2n) is 5.35. The Morgan fingerprint density at radius 3 is 2.90 bits per heavy atom. The maximum atomic E-state index is 12.4. The van der Waals surface area contributed by atoms with Gasteiger partial charge in [-0.05, 0) is 25.0 Å². The molecule has 1 fully saturated rings. The van der Waals surface area contributed by atoms with E-state index in [0.717, 1.165) is 18.5 Å². The molecule has 0 aromatic carbocycles. The van der Waals surface area contributed by atoms with E-state index in [-0.39, 0.29) is 5.91 Å². The lowest BCUT2D eigenvalue weighted by Crippen LogP contribution is -2.38. The number of carbonyl (C=O) groups is 1. The summed E-state index contributed by atoms with van der Waals surface area (Å²) in [5, 5.41) is 6.97. The number of carbonyl (C=O) groups excluding carboxylic acids is 1. The van der Waals surface area contributed by atoms with Crippen LogP contribution in [-0.4, -0.2) is 34.1 Å². The largest absolute Gasteiger partial charge is 0.463 e. The fourth-order valence-electron chi connectivity index (χ4n) is 2.80. The minimum atomic E-state index is -0.0223. The fraction of sp³-hybridized carbons (Fsp3) is 0.467. The third kappa shape index (κ3) is 2.48. The summed E-state index contributed by atoms with van der Waals surface area (Å²) < 4.78 is 5.29. The van der Waals surface area contributed by atoms with Gasteiger partial charge in [-0.1, -0.05) is 19.3 Å². The Morgan fingerprint density at radius 1 is 1.40 bits per heavy atom. The lowest BCUT2D eigenvalue weighted by Gasteiger charge is -2.30. The minimum absolute atomic E-state index is 0.0223. The van der Waals surface area contributed by atoms with E-state index in [1.165, 1.54) is 19.3 Å². The van der Waals surface area contributed by atoms with Gasteiger partial charge in [0.05, 0.1) is 6.26 Å². The number of H-pyrrole nitrogens is 1. The average Bonchev–Trinajstić information content (AvgIpc) is 3.17. The predicted octanol–water partition coefficient (Wildman–Crippen LogP) is 3.07. The molecule has 2 aromatic heterocycles. The summed E-state index contributed by atoms with van der Waals surface area (Å²) in [6.07, 6.45) is 7.49. The molecule has 0 spiro atoms. The Hall–Kier alpha value is -2.04. The highest BCUT2D eigenvalue weighted by Crippen LogP contribution is 2.23. The highest BCUT2D eigenvalue weighted by molar-refractivity contribution is 5.93. The lowest BCUT2D eigenvalue weighted by atomic mass is 9.94. The van der Waals surface area contributed by atoms with Gasteiger partial charge in [-0.25, -0.2) is 0 Å². The van der Waals surface area contributed by atoms with Gasteiger partial charge in [0.2, 0.25) is 0 Å². The highest BCUT2D eigenvalue weighted by atomic mass is 16.3. The van der Waals surface area contributed by atoms with Crippen LogP contribution in [0.1, 0.15) is 42.6 Å². The van der Waals surface area contributed by atoms with E-state index in [1.807, 2.05) is 24.1 Å². The molecular formula is C15H19N3O2. The van der Waals surface area contributed by atoms with Gasteiger partial charge in [-0.15, -0.1) is 0 Å². The summed E-state index contributed by atoms with van der Waals surface area (Å²) in [6.45, 7) is 0. The SMILES string of the molecule is CN(C(=O)c1cc(-c2ccco2)[nH]n1)C1CCCCC1. The van der Waals surface area contributed by atoms with Crippen molar-refractivity contribution in [3.8, 4) is 11.5 Å². The van der Waals surface area contributed by atoms with Crippen LogP contribution in [0.25, 0.3) is 11.5 Å². The smallest absolute Gasteiger partial charge is 0.274 e. The molecule has 0 saturated heterocycles. The number of nitrogens with zero attached hydrogens (tertiary/aromatic N) is 2. The maximum Gasteiger partial charge on any atom is 0.274 e. The maximum absolute atomic E-state index is 12.4. The highest BCUT2D eigenvalue weighted by Gasteiger charge is 2.24. The normalized spacial score (nSPS) is 16.2. The third-order valence-electron chi connectivity index (χ3n) is 4.03. The lowest BCUT2D eigenvalue weighted by molar-refractivity contribution is 0.0690. The molecule has 5 nitrogen and oxygen atoms in total. The monoisotopic (exact) mass is 273 g/mol. The van der Waals surface area contributed by atoms with Gasteiger partial charge in [0.15, 0.2) is 11.5 Å². The average molecular weight is 273 g/mol. The van der Waals surface area contributed by atoms with Crippen LogP contribution in [-0.2, 0) is 0 Å². The number of furan rings is 1. The van der Waals surface area contributed by atoms with Gasteiger partial charge < -0.3 is 9.32 Å². The Balaban J connectivity index is 1.73. The van der Waals surface area contributed by atoms with Crippen LogP contribution in [0.3, 0.4) is 0 Å². The van der Waals surface area contributed by atoms with Crippen LogP contribution in [0, 0.1) is 0 Å². The number of nitrogens with one attached hydrogen (secondary N) is 1. The van der Waals surface area contributed by atoms with Crippen LogP contribution < -0.4 is 0 Å². The standard InChI is InChI=1S/C15H19N3O2/c1-18(11-6-3-2-4-7-11)15(19)13-10-12(16-17-13)14-8-5-9-20-14/h5,8-11H,2-4,6-7H2,1H3,(H,16,17). The van der Waals surface area contributed by atoms with Gasteiger partial charge in [-0.2, -0.15) is 5.10 Å². The van der Waals surface area contributed by atoms with E-state index >= 15 is 0 Å². The van der Waals surface area contributed by atoms with Gasteiger partial charge in [0.1, 0.15) is 5.69 Å². The second-order valence-corrected chi connectivity index (χ2v) is 5.35. The number of amides is 1. The van der Waals surface area contributed by atoms with Crippen molar-refractivity contribution in [1.82, 2.24) is 15.1 Å². The van der Waals surface area contributed by atoms with E-state index in [9.17, 15) is 4.79 Å². The number of aromatic nitrogens is 2. The van der Waals surface area contributed by atoms with Crippen LogP contribution in [0.2, 0.25) is 0 Å². The molecule has 106 valence electrons. The van der Waals surface area contributed by atoms with Gasteiger partial charge in [0, 0.05) is 19.2 Å². The van der Waals surface area contributed by atoms with Crippen molar-refractivity contribution in [2.45, 2.75) is 38.1 Å². The number of aromatic amines is 1. The molecule has 3 rings (SSSR count). The van der Waals surface area contributed by atoms with Gasteiger partial charge >= 0.3 is 0 Å². The Morgan fingerprint density at radius 2 is 2.20 bits per heavy atom. The van der Waals surface area contributed by atoms with Crippen molar-refractivity contribution in [2.75, 3.05) is 7.05 Å². The van der Waals surface area contributed by atoms with Crippen molar-refractivity contribution in [3.63, 3.8) is 0 Å². The second kappa shape index (κ2) is 5.53. The number of hydrogen-bond acceptors (Lipinski definition) is 3. The summed E-state index contributed by atoms with van der Waals surface area (Å²) in [7, 11) is 1.87. The van der Waals surface area contributed by atoms with Gasteiger partial charge in [0.25, 0.3) is 5.91 Å². The zero-order chi connectivity index (χ0) is 13.9. The van der Waals surface area contributed by atoms with Crippen molar-refractivity contribution < 1.29 is 9.21 Å². The number of hydrogen-bond donors (Lipinski definition) is 1. The van der Waals surface area contributed by atoms with E-state index < -0.39 is 0 Å². The molecular weight excluding hydrogens is 254 g/mol. The first-order valence-electron chi connectivity index (χ1n) is 7.12. The summed E-state index contributed by atoms with van der Waals surface area (Å²) in [6, 6.07) is 5.75. The molecule has 1 N–H and O–H groups in total. The first kappa shape index (κ1) is 13.0. The molecule has 0 aliphatic heterocycles. The van der Waals surface area contributed by atoms with Crippen LogP contribution in [0.15, 0.2) is 28.9 Å². The summed E-state index contributed by atoms with van der Waals surface area (Å²) in [5.74, 6) is 0.669. The molecule has 2 aromatic rings. The molecule has 0 atom stereocenters. The van der Waals surface area contributed by atoms with Crippen molar-refractivity contribution >= 4 is 5.91 Å². The molecule has 0 unspecified atom stereocenters. The topological polar surface area (TPSA) is 62.1 Å². The van der Waals surface area contributed by atoms with Gasteiger partial charge in [-0.3, -0.25) is 9.89 Å². The fourth-order valence-corrected chi connectivity index (χ4v) is 2.80. The Kier molecular flexibility index (Phi) is 3.58. The first-order valence-corrected chi connectivity index (χ1v) is 7.12. The zero-order valence-corrected chi connectivity index (χ0v) is 11.6. The summed E-state index contributed by atoms with van der Waals surface area (Å²) >= 11 is 0. The minimum Gasteiger partial charge on any atom is -0.463 e. The van der Waals surface area contributed by atoms with E-state index in [2.05, 4.69) is 10.2 Å². The summed E-state index contributed by atoms with van der Waals surface area (Å²) in [5.41, 5.74) is 1.18.